The molecule has 226 valence electrons. The van der Waals surface area contributed by atoms with Crippen LogP contribution < -0.4 is 9.64 Å². The van der Waals surface area contributed by atoms with Gasteiger partial charge in [0, 0.05) is 37.8 Å². The molecular weight excluding hydrogens is 580 g/mol. The van der Waals surface area contributed by atoms with Crippen LogP contribution >= 0.6 is 0 Å². The minimum Gasteiger partial charge on any atom is -0.457 e. The molecule has 2 amide bonds. The smallest absolute Gasteiger partial charge is 0.457 e. The van der Waals surface area contributed by atoms with Crippen molar-refractivity contribution in [3.05, 3.63) is 65.9 Å². The van der Waals surface area contributed by atoms with Gasteiger partial charge in [0.2, 0.25) is 5.91 Å². The van der Waals surface area contributed by atoms with E-state index in [4.69, 9.17) is 4.74 Å². The van der Waals surface area contributed by atoms with Crippen LogP contribution in [-0.4, -0.2) is 50.9 Å². The molecule has 0 bridgehead atoms. The Morgan fingerprint density at radius 3 is 2.49 bits per heavy atom. The van der Waals surface area contributed by atoms with Gasteiger partial charge >= 0.3 is 18.3 Å². The molecule has 1 unspecified atom stereocenters. The maximum Gasteiger partial charge on any atom is 0.471 e. The summed E-state index contributed by atoms with van der Waals surface area (Å²) in [7, 11) is 0. The van der Waals surface area contributed by atoms with Crippen molar-refractivity contribution >= 4 is 28.5 Å². The Morgan fingerprint density at radius 2 is 1.86 bits per heavy atom. The summed E-state index contributed by atoms with van der Waals surface area (Å²) in [5.41, 5.74) is -0.382. The standard InChI is InChI=1S/C29H25F6N5O3/c1-3-39(27(42)29(33,34)35)24-10-9-17(13-19(24)28(30,31)32)43-25-15-22-21(37-26(38-22)20-7-4-5-11-36-20)14-18(25)23-8-6-12-40(23)16(2)41/h4-5,7,9-11,13-15,23H,3,6,8,12H2,1-2H3,(H,37,38). The zero-order valence-corrected chi connectivity index (χ0v) is 22.9. The van der Waals surface area contributed by atoms with E-state index in [1.165, 1.54) is 13.0 Å². The Balaban J connectivity index is 1.61. The van der Waals surface area contributed by atoms with Gasteiger partial charge in [-0.15, -0.1) is 0 Å². The summed E-state index contributed by atoms with van der Waals surface area (Å²) < 4.78 is 87.8. The number of pyridine rings is 1. The molecule has 14 heteroatoms. The Kier molecular flexibility index (Phi) is 7.80. The zero-order valence-electron chi connectivity index (χ0n) is 22.9. The van der Waals surface area contributed by atoms with E-state index in [-0.39, 0.29) is 22.3 Å². The quantitative estimate of drug-likeness (QED) is 0.238. The maximum absolute atomic E-state index is 14.1. The minimum atomic E-state index is -5.38. The number of aromatic nitrogens is 3. The summed E-state index contributed by atoms with van der Waals surface area (Å²) in [5.74, 6) is -2.39. The third-order valence-electron chi connectivity index (χ3n) is 7.13. The number of aromatic amines is 1. The molecule has 1 aliphatic rings. The topological polar surface area (TPSA) is 91.4 Å². The fourth-order valence-electron chi connectivity index (χ4n) is 5.24. The summed E-state index contributed by atoms with van der Waals surface area (Å²) in [6.45, 7) is 2.39. The van der Waals surface area contributed by atoms with Crippen LogP contribution in [0.15, 0.2) is 54.7 Å². The van der Waals surface area contributed by atoms with Gasteiger partial charge in [-0.05, 0) is 56.2 Å². The number of ether oxygens (including phenoxy) is 1. The predicted molar refractivity (Wildman–Crippen MR) is 144 cm³/mol. The fourth-order valence-corrected chi connectivity index (χ4v) is 5.24. The van der Waals surface area contributed by atoms with Crippen molar-refractivity contribution in [2.75, 3.05) is 18.0 Å². The first-order chi connectivity index (χ1) is 20.3. The van der Waals surface area contributed by atoms with E-state index >= 15 is 0 Å². The summed E-state index contributed by atoms with van der Waals surface area (Å²) in [6, 6.07) is 10.5. The molecular formula is C29H25F6N5O3. The highest BCUT2D eigenvalue weighted by molar-refractivity contribution is 5.98. The summed E-state index contributed by atoms with van der Waals surface area (Å²) >= 11 is 0. The fraction of sp³-hybridized carbons (Fsp3) is 0.310. The summed E-state index contributed by atoms with van der Waals surface area (Å²) in [6.07, 6.45) is -7.63. The number of hydrogen-bond acceptors (Lipinski definition) is 5. The van der Waals surface area contributed by atoms with Gasteiger partial charge in [-0.25, -0.2) is 4.98 Å². The molecule has 5 rings (SSSR count). The highest BCUT2D eigenvalue weighted by Gasteiger charge is 2.45. The number of anilines is 1. The summed E-state index contributed by atoms with van der Waals surface area (Å²) in [4.78, 5) is 38.0. The number of benzene rings is 2. The monoisotopic (exact) mass is 605 g/mol. The molecule has 4 aromatic rings. The van der Waals surface area contributed by atoms with Crippen LogP contribution in [0.5, 0.6) is 11.5 Å². The number of fused-ring (bicyclic) bond motifs is 1. The Morgan fingerprint density at radius 1 is 1.09 bits per heavy atom. The van der Waals surface area contributed by atoms with Gasteiger partial charge in [0.15, 0.2) is 5.82 Å². The lowest BCUT2D eigenvalue weighted by Crippen LogP contribution is -2.42. The average Bonchev–Trinajstić information content (AvgIpc) is 3.60. The van der Waals surface area contributed by atoms with Crippen LogP contribution in [0.25, 0.3) is 22.6 Å². The van der Waals surface area contributed by atoms with Gasteiger partial charge in [-0.1, -0.05) is 6.07 Å². The highest BCUT2D eigenvalue weighted by Crippen LogP contribution is 2.44. The average molecular weight is 606 g/mol. The normalized spacial score (nSPS) is 15.6. The number of nitrogens with zero attached hydrogens (tertiary/aromatic N) is 4. The van der Waals surface area contributed by atoms with Crippen molar-refractivity contribution < 1.29 is 40.7 Å². The Bertz CT molecular complexity index is 1670. The van der Waals surface area contributed by atoms with Crippen LogP contribution in [0.4, 0.5) is 32.0 Å². The first-order valence-corrected chi connectivity index (χ1v) is 13.3. The van der Waals surface area contributed by atoms with Crippen molar-refractivity contribution in [2.45, 2.75) is 45.1 Å². The molecule has 43 heavy (non-hydrogen) atoms. The Hall–Kier alpha value is -4.62. The molecule has 2 aromatic carbocycles. The molecule has 1 aliphatic heterocycles. The second kappa shape index (κ2) is 11.2. The van der Waals surface area contributed by atoms with E-state index in [9.17, 15) is 35.9 Å². The molecule has 0 spiro atoms. The van der Waals surface area contributed by atoms with Gasteiger partial charge in [-0.2, -0.15) is 26.3 Å². The lowest BCUT2D eigenvalue weighted by atomic mass is 10.0. The van der Waals surface area contributed by atoms with Gasteiger partial charge in [0.05, 0.1) is 28.3 Å². The number of carbonyl (C=O) groups excluding carboxylic acids is 2. The first kappa shape index (κ1) is 29.9. The largest absolute Gasteiger partial charge is 0.471 e. The van der Waals surface area contributed by atoms with Crippen LogP contribution in [0.1, 0.15) is 43.9 Å². The number of amides is 2. The lowest BCUT2D eigenvalue weighted by Gasteiger charge is -2.27. The number of halogens is 6. The van der Waals surface area contributed by atoms with Gasteiger partial charge in [-0.3, -0.25) is 14.6 Å². The molecule has 1 fully saturated rings. The maximum atomic E-state index is 14.1. The van der Waals surface area contributed by atoms with Crippen LogP contribution in [0, 0.1) is 0 Å². The third kappa shape index (κ3) is 5.99. The van der Waals surface area contributed by atoms with E-state index in [1.54, 1.807) is 35.4 Å². The van der Waals surface area contributed by atoms with Gasteiger partial charge in [0.25, 0.3) is 0 Å². The predicted octanol–water partition coefficient (Wildman–Crippen LogP) is 7.03. The first-order valence-electron chi connectivity index (χ1n) is 13.3. The van der Waals surface area contributed by atoms with Crippen molar-refractivity contribution in [2.24, 2.45) is 0 Å². The number of hydrogen-bond donors (Lipinski definition) is 1. The highest BCUT2D eigenvalue weighted by atomic mass is 19.4. The molecule has 0 saturated carbocycles. The molecule has 0 aliphatic carbocycles. The number of likely N-dealkylation sites (tertiary alicyclic amines) is 1. The molecule has 1 N–H and O–H groups in total. The zero-order chi connectivity index (χ0) is 31.1. The number of rotatable bonds is 6. The minimum absolute atomic E-state index is 0.0240. The SMILES string of the molecule is CCN(C(=O)C(F)(F)F)c1ccc(Oc2cc3nc(-c4ccccn4)[nH]c3cc2C2CCCN2C(C)=O)cc1C(F)(F)F. The van der Waals surface area contributed by atoms with Crippen LogP contribution in [-0.2, 0) is 15.8 Å². The summed E-state index contributed by atoms with van der Waals surface area (Å²) in [5, 5.41) is 0. The van der Waals surface area contributed by atoms with E-state index in [0.717, 1.165) is 19.1 Å². The van der Waals surface area contributed by atoms with Gasteiger partial charge in [0.1, 0.15) is 17.2 Å². The molecule has 8 nitrogen and oxygen atoms in total. The van der Waals surface area contributed by atoms with Crippen molar-refractivity contribution in [3.63, 3.8) is 0 Å². The van der Waals surface area contributed by atoms with Crippen molar-refractivity contribution in [3.8, 4) is 23.0 Å². The van der Waals surface area contributed by atoms with Gasteiger partial charge < -0.3 is 19.5 Å². The van der Waals surface area contributed by atoms with Crippen molar-refractivity contribution in [1.29, 1.82) is 0 Å². The second-order valence-electron chi connectivity index (χ2n) is 9.90. The van der Waals surface area contributed by atoms with E-state index in [1.807, 2.05) is 0 Å². The third-order valence-corrected chi connectivity index (χ3v) is 7.13. The van der Waals surface area contributed by atoms with Crippen LogP contribution in [0.2, 0.25) is 0 Å². The second-order valence-corrected chi connectivity index (χ2v) is 9.90. The molecule has 1 saturated heterocycles. The Labute approximate surface area is 241 Å². The molecule has 0 radical (unpaired) electrons. The number of nitrogens with one attached hydrogen (secondary N) is 1. The number of H-pyrrole nitrogens is 1. The molecule has 1 atom stereocenters. The lowest BCUT2D eigenvalue weighted by molar-refractivity contribution is -0.170. The number of imidazole rings is 1. The van der Waals surface area contributed by atoms with E-state index in [2.05, 4.69) is 15.0 Å². The molecule has 2 aromatic heterocycles. The van der Waals surface area contributed by atoms with Crippen molar-refractivity contribution in [1.82, 2.24) is 19.9 Å². The number of alkyl halides is 6. The van der Waals surface area contributed by atoms with E-state index < -0.39 is 42.1 Å². The number of carbonyl (C=O) groups is 2. The van der Waals surface area contributed by atoms with Crippen LogP contribution in [0.3, 0.4) is 0 Å². The van der Waals surface area contributed by atoms with E-state index in [0.29, 0.717) is 53.6 Å². The molecule has 3 heterocycles.